The van der Waals surface area contributed by atoms with Gasteiger partial charge in [-0.3, -0.25) is 15.1 Å². The van der Waals surface area contributed by atoms with Crippen LogP contribution in [-0.2, 0) is 16.6 Å². The van der Waals surface area contributed by atoms with E-state index >= 15 is 0 Å². The van der Waals surface area contributed by atoms with Crippen LogP contribution in [0, 0.1) is 10.1 Å². The number of hydrogen-bond donors (Lipinski definition) is 1. The third-order valence-corrected chi connectivity index (χ3v) is 4.28. The molecule has 0 aliphatic carbocycles. The number of sulfonamides is 1. The van der Waals surface area contributed by atoms with E-state index in [2.05, 4.69) is 9.71 Å². The second kappa shape index (κ2) is 6.17. The number of aromatic nitrogens is 1. The van der Waals surface area contributed by atoms with Gasteiger partial charge in [-0.2, -0.15) is 0 Å². The van der Waals surface area contributed by atoms with Crippen LogP contribution in [0.4, 0.5) is 5.69 Å². The molecule has 0 amide bonds. The van der Waals surface area contributed by atoms with Crippen molar-refractivity contribution in [1.29, 1.82) is 0 Å². The molecule has 0 spiro atoms. The maximum atomic E-state index is 12.2. The number of pyridine rings is 1. The lowest BCUT2D eigenvalue weighted by atomic mass is 10.3. The number of nitro benzene ring substituents is 1. The third kappa shape index (κ3) is 3.75. The Morgan fingerprint density at radius 3 is 2.71 bits per heavy atom. The lowest BCUT2D eigenvalue weighted by molar-refractivity contribution is -0.387. The van der Waals surface area contributed by atoms with Gasteiger partial charge in [-0.15, -0.1) is 0 Å². The summed E-state index contributed by atoms with van der Waals surface area (Å²) in [4.78, 5) is 13.6. The Bertz CT molecular complexity index is 765. The largest absolute Gasteiger partial charge is 0.290 e. The molecule has 2 rings (SSSR count). The maximum Gasteiger partial charge on any atom is 0.290 e. The number of nitrogens with one attached hydrogen (secondary N) is 1. The van der Waals surface area contributed by atoms with Crippen molar-refractivity contribution in [3.05, 3.63) is 63.4 Å². The van der Waals surface area contributed by atoms with Gasteiger partial charge in [0.1, 0.15) is 0 Å². The average molecular weight is 328 g/mol. The van der Waals surface area contributed by atoms with Crippen molar-refractivity contribution in [3.63, 3.8) is 0 Å². The standard InChI is InChI=1S/C12H10ClN3O4S/c13-10-3-4-12(11(6-10)16(17)18)21(19,20)15-8-9-2-1-5-14-7-9/h1-7,15H,8H2. The van der Waals surface area contributed by atoms with Gasteiger partial charge in [0.05, 0.1) is 4.92 Å². The van der Waals surface area contributed by atoms with Crippen LogP contribution in [0.25, 0.3) is 0 Å². The first-order valence-corrected chi connectivity index (χ1v) is 7.59. The van der Waals surface area contributed by atoms with E-state index in [0.717, 1.165) is 12.1 Å². The first kappa shape index (κ1) is 15.4. The van der Waals surface area contributed by atoms with Gasteiger partial charge in [0.2, 0.25) is 10.0 Å². The molecule has 21 heavy (non-hydrogen) atoms. The van der Waals surface area contributed by atoms with Gasteiger partial charge in [0.25, 0.3) is 5.69 Å². The summed E-state index contributed by atoms with van der Waals surface area (Å²) in [6, 6.07) is 6.74. The van der Waals surface area contributed by atoms with Crippen LogP contribution >= 0.6 is 11.6 Å². The van der Waals surface area contributed by atoms with Crippen molar-refractivity contribution < 1.29 is 13.3 Å². The van der Waals surface area contributed by atoms with E-state index in [4.69, 9.17) is 11.6 Å². The molecule has 1 N–H and O–H groups in total. The second-order valence-electron chi connectivity index (χ2n) is 4.05. The van der Waals surface area contributed by atoms with Crippen molar-refractivity contribution >= 4 is 27.3 Å². The topological polar surface area (TPSA) is 102 Å². The summed E-state index contributed by atoms with van der Waals surface area (Å²) in [5.41, 5.74) is 0.0684. The minimum absolute atomic E-state index is 0.0179. The Kier molecular flexibility index (Phi) is 4.51. The van der Waals surface area contributed by atoms with Crippen molar-refractivity contribution in [3.8, 4) is 0 Å². The van der Waals surface area contributed by atoms with Crippen molar-refractivity contribution in [1.82, 2.24) is 9.71 Å². The predicted octanol–water partition coefficient (Wildman–Crippen LogP) is 2.12. The van der Waals surface area contributed by atoms with E-state index in [0.29, 0.717) is 5.56 Å². The second-order valence-corrected chi connectivity index (χ2v) is 6.23. The maximum absolute atomic E-state index is 12.2. The highest BCUT2D eigenvalue weighted by Crippen LogP contribution is 2.27. The van der Waals surface area contributed by atoms with Gasteiger partial charge in [0.15, 0.2) is 4.90 Å². The number of nitrogens with zero attached hydrogens (tertiary/aromatic N) is 2. The molecule has 1 aromatic heterocycles. The van der Waals surface area contributed by atoms with Gasteiger partial charge in [-0.05, 0) is 23.8 Å². The van der Waals surface area contributed by atoms with Gasteiger partial charge in [-0.1, -0.05) is 17.7 Å². The van der Waals surface area contributed by atoms with E-state index in [1.165, 1.54) is 12.3 Å². The van der Waals surface area contributed by atoms with E-state index in [-0.39, 0.29) is 11.6 Å². The SMILES string of the molecule is O=[N+]([O-])c1cc(Cl)ccc1S(=O)(=O)NCc1cccnc1. The van der Waals surface area contributed by atoms with Gasteiger partial charge in [-0.25, -0.2) is 13.1 Å². The van der Waals surface area contributed by atoms with Crippen LogP contribution < -0.4 is 4.72 Å². The number of nitro groups is 1. The van der Waals surface area contributed by atoms with E-state index < -0.39 is 25.5 Å². The number of rotatable bonds is 5. The summed E-state index contributed by atoms with van der Waals surface area (Å²) in [6.07, 6.45) is 3.06. The molecule has 0 saturated heterocycles. The van der Waals surface area contributed by atoms with Crippen LogP contribution in [0.3, 0.4) is 0 Å². The van der Waals surface area contributed by atoms with Crippen LogP contribution in [0.1, 0.15) is 5.56 Å². The zero-order chi connectivity index (χ0) is 15.5. The summed E-state index contributed by atoms with van der Waals surface area (Å²) < 4.78 is 26.6. The normalized spacial score (nSPS) is 11.3. The number of halogens is 1. The quantitative estimate of drug-likeness (QED) is 0.669. The molecule has 7 nitrogen and oxygen atoms in total. The minimum Gasteiger partial charge on any atom is -0.264 e. The fourth-order valence-electron chi connectivity index (χ4n) is 1.62. The highest BCUT2D eigenvalue weighted by Gasteiger charge is 2.25. The molecular formula is C12H10ClN3O4S. The Morgan fingerprint density at radius 1 is 1.33 bits per heavy atom. The van der Waals surface area contributed by atoms with Crippen LogP contribution in [-0.4, -0.2) is 18.3 Å². The molecule has 0 bridgehead atoms. The number of benzene rings is 1. The van der Waals surface area contributed by atoms with Gasteiger partial charge in [0, 0.05) is 30.0 Å². The molecular weight excluding hydrogens is 318 g/mol. The molecule has 0 saturated carbocycles. The molecule has 2 aromatic rings. The zero-order valence-electron chi connectivity index (χ0n) is 10.6. The van der Waals surface area contributed by atoms with Gasteiger partial charge < -0.3 is 0 Å². The zero-order valence-corrected chi connectivity index (χ0v) is 12.1. The van der Waals surface area contributed by atoms with Crippen molar-refractivity contribution in [2.45, 2.75) is 11.4 Å². The summed E-state index contributed by atoms with van der Waals surface area (Å²) in [5, 5.41) is 11.0. The molecule has 0 aliphatic heterocycles. The number of hydrogen-bond acceptors (Lipinski definition) is 5. The minimum atomic E-state index is -4.03. The van der Waals surface area contributed by atoms with Crippen LogP contribution in [0.5, 0.6) is 0 Å². The molecule has 0 atom stereocenters. The Labute approximate surface area is 125 Å². The fraction of sp³-hybridized carbons (Fsp3) is 0.0833. The molecule has 9 heteroatoms. The lowest BCUT2D eigenvalue weighted by Crippen LogP contribution is -2.24. The summed E-state index contributed by atoms with van der Waals surface area (Å²) in [5.74, 6) is 0. The molecule has 0 unspecified atom stereocenters. The monoisotopic (exact) mass is 327 g/mol. The predicted molar refractivity (Wildman–Crippen MR) is 76.4 cm³/mol. The molecule has 110 valence electrons. The summed E-state index contributed by atoms with van der Waals surface area (Å²) >= 11 is 5.66. The van der Waals surface area contributed by atoms with Gasteiger partial charge >= 0.3 is 0 Å². The molecule has 1 heterocycles. The first-order valence-electron chi connectivity index (χ1n) is 5.72. The molecule has 0 fully saturated rings. The highest BCUT2D eigenvalue weighted by molar-refractivity contribution is 7.89. The third-order valence-electron chi connectivity index (χ3n) is 2.60. The summed E-state index contributed by atoms with van der Waals surface area (Å²) in [6.45, 7) is -0.0179. The Balaban J connectivity index is 2.30. The average Bonchev–Trinajstić information content (AvgIpc) is 2.46. The van der Waals surface area contributed by atoms with Crippen molar-refractivity contribution in [2.24, 2.45) is 0 Å². The molecule has 0 aliphatic rings. The van der Waals surface area contributed by atoms with E-state index in [1.807, 2.05) is 0 Å². The molecule has 1 aromatic carbocycles. The fourth-order valence-corrected chi connectivity index (χ4v) is 2.95. The van der Waals surface area contributed by atoms with Crippen molar-refractivity contribution in [2.75, 3.05) is 0 Å². The van der Waals surface area contributed by atoms with Crippen LogP contribution in [0.15, 0.2) is 47.6 Å². The Morgan fingerprint density at radius 2 is 2.10 bits per heavy atom. The van der Waals surface area contributed by atoms with Crippen LogP contribution in [0.2, 0.25) is 5.02 Å². The Hall–Kier alpha value is -2.03. The van der Waals surface area contributed by atoms with E-state index in [1.54, 1.807) is 18.3 Å². The lowest BCUT2D eigenvalue weighted by Gasteiger charge is -2.07. The van der Waals surface area contributed by atoms with E-state index in [9.17, 15) is 18.5 Å². The molecule has 0 radical (unpaired) electrons. The first-order chi connectivity index (χ1) is 9.90. The smallest absolute Gasteiger partial charge is 0.264 e. The highest BCUT2D eigenvalue weighted by atomic mass is 35.5. The summed E-state index contributed by atoms with van der Waals surface area (Å²) in [7, 11) is -4.03.